The number of rotatable bonds is 3. The summed E-state index contributed by atoms with van der Waals surface area (Å²) in [4.78, 5) is 21.7. The van der Waals surface area contributed by atoms with Crippen LogP contribution in [0.3, 0.4) is 0 Å². The van der Waals surface area contributed by atoms with Crippen molar-refractivity contribution in [2.75, 3.05) is 0 Å². The Morgan fingerprint density at radius 2 is 2.36 bits per heavy atom. The maximum Gasteiger partial charge on any atom is 0.345 e. The number of carboxylic acid groups (broad SMARTS) is 1. The van der Waals surface area contributed by atoms with E-state index < -0.39 is 5.97 Å². The van der Waals surface area contributed by atoms with Crippen LogP contribution in [0.5, 0.6) is 0 Å². The first-order chi connectivity index (χ1) is 6.52. The molecule has 0 amide bonds. The Morgan fingerprint density at radius 1 is 1.71 bits per heavy atom. The van der Waals surface area contributed by atoms with Crippen molar-refractivity contribution in [2.24, 2.45) is 7.05 Å². The number of hydrogen-bond acceptors (Lipinski definition) is 3. The average molecular weight is 197 g/mol. The summed E-state index contributed by atoms with van der Waals surface area (Å²) < 4.78 is 2.51. The van der Waals surface area contributed by atoms with Crippen LogP contribution in [-0.4, -0.2) is 25.4 Å². The van der Waals surface area contributed by atoms with Gasteiger partial charge in [-0.1, -0.05) is 6.08 Å². The number of carboxylic acids is 1. The van der Waals surface area contributed by atoms with E-state index in [4.69, 9.17) is 5.11 Å². The molecule has 6 nitrogen and oxygen atoms in total. The molecule has 0 aliphatic rings. The van der Waals surface area contributed by atoms with Crippen molar-refractivity contribution in [3.63, 3.8) is 0 Å². The summed E-state index contributed by atoms with van der Waals surface area (Å²) in [7, 11) is 1.58. The van der Waals surface area contributed by atoms with Crippen LogP contribution < -0.4 is 5.69 Å². The maximum atomic E-state index is 11.2. The third-order valence-corrected chi connectivity index (χ3v) is 1.79. The van der Waals surface area contributed by atoms with Gasteiger partial charge in [0.1, 0.15) is 6.33 Å². The highest BCUT2D eigenvalue weighted by Gasteiger charge is 2.01. The first-order valence-electron chi connectivity index (χ1n) is 4.01. The van der Waals surface area contributed by atoms with Crippen molar-refractivity contribution >= 4 is 5.97 Å². The van der Waals surface area contributed by atoms with E-state index in [1.54, 1.807) is 7.05 Å². The zero-order valence-corrected chi connectivity index (χ0v) is 7.97. The minimum atomic E-state index is -0.992. The van der Waals surface area contributed by atoms with E-state index >= 15 is 0 Å². The zero-order chi connectivity index (χ0) is 10.7. The van der Waals surface area contributed by atoms with Gasteiger partial charge in [-0.25, -0.2) is 14.3 Å². The molecular weight excluding hydrogens is 186 g/mol. The van der Waals surface area contributed by atoms with Gasteiger partial charge in [-0.05, 0) is 6.92 Å². The van der Waals surface area contributed by atoms with Gasteiger partial charge in [-0.15, -0.1) is 0 Å². The molecule has 0 unspecified atom stereocenters. The predicted octanol–water partition coefficient (Wildman–Crippen LogP) is -0.387. The van der Waals surface area contributed by atoms with Crippen LogP contribution in [0, 0.1) is 0 Å². The van der Waals surface area contributed by atoms with Gasteiger partial charge in [-0.2, -0.15) is 5.10 Å². The summed E-state index contributed by atoms with van der Waals surface area (Å²) in [6.45, 7) is 1.65. The molecule has 0 fully saturated rings. The van der Waals surface area contributed by atoms with Crippen molar-refractivity contribution in [1.29, 1.82) is 0 Å². The number of aryl methyl sites for hydroxylation is 1. The molecule has 76 valence electrons. The Morgan fingerprint density at radius 3 is 2.79 bits per heavy atom. The van der Waals surface area contributed by atoms with Crippen LogP contribution in [-0.2, 0) is 18.4 Å². The second-order valence-electron chi connectivity index (χ2n) is 2.90. The number of hydrogen-bond donors (Lipinski definition) is 1. The lowest BCUT2D eigenvalue weighted by Crippen LogP contribution is -2.22. The highest BCUT2D eigenvalue weighted by molar-refractivity contribution is 5.85. The summed E-state index contributed by atoms with van der Waals surface area (Å²) in [6, 6.07) is 0. The lowest BCUT2D eigenvalue weighted by molar-refractivity contribution is -0.132. The molecule has 0 atom stereocenters. The molecule has 0 aromatic carbocycles. The van der Waals surface area contributed by atoms with Gasteiger partial charge in [0.05, 0.1) is 6.54 Å². The summed E-state index contributed by atoms with van der Waals surface area (Å²) in [5.41, 5.74) is -0.0676. The number of aromatic nitrogens is 3. The van der Waals surface area contributed by atoms with Gasteiger partial charge < -0.3 is 5.11 Å². The minimum absolute atomic E-state index is 0.178. The van der Waals surface area contributed by atoms with E-state index in [1.807, 2.05) is 0 Å². The molecule has 1 heterocycles. The molecule has 0 bridgehead atoms. The van der Waals surface area contributed by atoms with E-state index in [0.29, 0.717) is 0 Å². The van der Waals surface area contributed by atoms with Crippen LogP contribution in [0.2, 0.25) is 0 Å². The van der Waals surface area contributed by atoms with Gasteiger partial charge in [0.25, 0.3) is 0 Å². The molecule has 0 aliphatic carbocycles. The number of aliphatic carboxylic acids is 1. The van der Waals surface area contributed by atoms with Crippen LogP contribution in [0.1, 0.15) is 6.92 Å². The minimum Gasteiger partial charge on any atom is -0.478 e. The van der Waals surface area contributed by atoms with Crippen LogP contribution in [0.25, 0.3) is 0 Å². The van der Waals surface area contributed by atoms with E-state index in [-0.39, 0.29) is 17.8 Å². The maximum absolute atomic E-state index is 11.2. The van der Waals surface area contributed by atoms with E-state index in [9.17, 15) is 9.59 Å². The first-order valence-corrected chi connectivity index (χ1v) is 4.01. The van der Waals surface area contributed by atoms with Gasteiger partial charge in [-0.3, -0.25) is 4.57 Å². The van der Waals surface area contributed by atoms with Crippen molar-refractivity contribution in [3.05, 3.63) is 28.5 Å². The van der Waals surface area contributed by atoms with Crippen LogP contribution >= 0.6 is 0 Å². The molecule has 1 aromatic rings. The van der Waals surface area contributed by atoms with E-state index in [1.165, 1.54) is 28.6 Å². The molecule has 0 saturated heterocycles. The fraction of sp³-hybridized carbons (Fsp3) is 0.375. The quantitative estimate of drug-likeness (QED) is 0.669. The Labute approximate surface area is 80.1 Å². The fourth-order valence-corrected chi connectivity index (χ4v) is 0.857. The van der Waals surface area contributed by atoms with Crippen molar-refractivity contribution in [1.82, 2.24) is 14.3 Å². The average Bonchev–Trinajstić information content (AvgIpc) is 2.44. The summed E-state index contributed by atoms with van der Waals surface area (Å²) >= 11 is 0. The van der Waals surface area contributed by atoms with Crippen molar-refractivity contribution in [2.45, 2.75) is 13.5 Å². The van der Waals surface area contributed by atoms with Gasteiger partial charge in [0.15, 0.2) is 0 Å². The molecule has 1 rings (SSSR count). The third kappa shape index (κ3) is 2.09. The Kier molecular flexibility index (Phi) is 2.85. The SMILES string of the molecule is CC(=CCn1ncn(C)c1=O)C(=O)O. The number of nitrogens with zero attached hydrogens (tertiary/aromatic N) is 3. The number of carbonyl (C=O) groups is 1. The van der Waals surface area contributed by atoms with Crippen LogP contribution in [0.4, 0.5) is 0 Å². The molecule has 0 spiro atoms. The third-order valence-electron chi connectivity index (χ3n) is 1.79. The smallest absolute Gasteiger partial charge is 0.345 e. The monoisotopic (exact) mass is 197 g/mol. The fourth-order valence-electron chi connectivity index (χ4n) is 0.857. The topological polar surface area (TPSA) is 77.1 Å². The van der Waals surface area contributed by atoms with Gasteiger partial charge in [0, 0.05) is 12.6 Å². The second-order valence-corrected chi connectivity index (χ2v) is 2.90. The molecule has 1 N–H and O–H groups in total. The van der Waals surface area contributed by atoms with Crippen LogP contribution in [0.15, 0.2) is 22.8 Å². The first kappa shape index (κ1) is 10.2. The molecular formula is C8H11N3O3. The molecule has 14 heavy (non-hydrogen) atoms. The summed E-state index contributed by atoms with van der Waals surface area (Å²) in [5, 5.41) is 12.3. The lowest BCUT2D eigenvalue weighted by Gasteiger charge is -1.94. The van der Waals surface area contributed by atoms with E-state index in [0.717, 1.165) is 0 Å². The predicted molar refractivity (Wildman–Crippen MR) is 48.9 cm³/mol. The zero-order valence-electron chi connectivity index (χ0n) is 7.97. The highest BCUT2D eigenvalue weighted by Crippen LogP contribution is 1.92. The van der Waals surface area contributed by atoms with E-state index in [2.05, 4.69) is 5.10 Å². The Bertz CT molecular complexity index is 427. The molecule has 1 aromatic heterocycles. The van der Waals surface area contributed by atoms with Crippen molar-refractivity contribution in [3.8, 4) is 0 Å². The Hall–Kier alpha value is -1.85. The lowest BCUT2D eigenvalue weighted by atomic mass is 10.3. The summed E-state index contributed by atoms with van der Waals surface area (Å²) in [5.74, 6) is -0.992. The van der Waals surface area contributed by atoms with Gasteiger partial charge >= 0.3 is 11.7 Å². The molecule has 0 radical (unpaired) electrons. The van der Waals surface area contributed by atoms with Crippen molar-refractivity contribution < 1.29 is 9.90 Å². The normalized spacial score (nSPS) is 11.7. The molecule has 0 saturated carbocycles. The Balaban J connectivity index is 2.81. The highest BCUT2D eigenvalue weighted by atomic mass is 16.4. The standard InChI is InChI=1S/C8H11N3O3/c1-6(7(12)13)3-4-11-8(14)10(2)5-9-11/h3,5H,4H2,1-2H3,(H,12,13). The second kappa shape index (κ2) is 3.91. The number of allylic oxidation sites excluding steroid dienone is 1. The molecule has 0 aliphatic heterocycles. The molecule has 6 heteroatoms. The van der Waals surface area contributed by atoms with Gasteiger partial charge in [0.2, 0.25) is 0 Å². The summed E-state index contributed by atoms with van der Waals surface area (Å²) in [6.07, 6.45) is 2.82. The largest absolute Gasteiger partial charge is 0.478 e.